The summed E-state index contributed by atoms with van der Waals surface area (Å²) < 4.78 is 5.38. The quantitative estimate of drug-likeness (QED) is 0.785. The number of aromatic hydroxyl groups is 1. The molecule has 2 aromatic rings. The average Bonchev–Trinajstić information content (AvgIpc) is 2.49. The van der Waals surface area contributed by atoms with Crippen molar-refractivity contribution in [2.24, 2.45) is 0 Å². The third-order valence-corrected chi connectivity index (χ3v) is 3.65. The first kappa shape index (κ1) is 14.6. The van der Waals surface area contributed by atoms with E-state index in [-0.39, 0.29) is 5.75 Å². The van der Waals surface area contributed by atoms with E-state index >= 15 is 0 Å². The van der Waals surface area contributed by atoms with Crippen LogP contribution in [0.2, 0.25) is 0 Å². The number of rotatable bonds is 6. The molecule has 0 saturated heterocycles. The van der Waals surface area contributed by atoms with Gasteiger partial charge in [0.25, 0.3) is 0 Å². The Morgan fingerprint density at radius 3 is 2.55 bits per heavy atom. The van der Waals surface area contributed by atoms with Gasteiger partial charge in [-0.05, 0) is 55.1 Å². The number of thioether (sulfide) groups is 1. The van der Waals surface area contributed by atoms with E-state index in [0.29, 0.717) is 18.9 Å². The normalized spacial score (nSPS) is 10.3. The molecular formula is C16H19NO2S. The maximum absolute atomic E-state index is 9.66. The van der Waals surface area contributed by atoms with Crippen LogP contribution in [0.4, 0.5) is 5.69 Å². The zero-order valence-electron chi connectivity index (χ0n) is 11.7. The van der Waals surface area contributed by atoms with Crippen LogP contribution in [0.3, 0.4) is 0 Å². The Bertz CT molecular complexity index is 555. The first-order valence-corrected chi connectivity index (χ1v) is 7.78. The number of phenolic OH excluding ortho intramolecular Hbond substituents is 1. The van der Waals surface area contributed by atoms with Crippen LogP contribution >= 0.6 is 11.8 Å². The van der Waals surface area contributed by atoms with Crippen LogP contribution in [0.25, 0.3) is 0 Å². The first-order chi connectivity index (χ1) is 9.72. The van der Waals surface area contributed by atoms with Gasteiger partial charge >= 0.3 is 0 Å². The fraction of sp³-hybridized carbons (Fsp3) is 0.250. The molecule has 2 aromatic carbocycles. The molecule has 0 aliphatic carbocycles. The Hall–Kier alpha value is -1.81. The van der Waals surface area contributed by atoms with E-state index in [1.807, 2.05) is 19.1 Å². The van der Waals surface area contributed by atoms with Crippen LogP contribution in [-0.2, 0) is 6.54 Å². The van der Waals surface area contributed by atoms with Gasteiger partial charge in [0.05, 0.1) is 6.61 Å². The highest BCUT2D eigenvalue weighted by atomic mass is 32.2. The lowest BCUT2D eigenvalue weighted by atomic mass is 10.2. The lowest BCUT2D eigenvalue weighted by Crippen LogP contribution is -2.00. The molecule has 0 aliphatic rings. The Labute approximate surface area is 124 Å². The smallest absolute Gasteiger partial charge is 0.161 e. The Morgan fingerprint density at radius 2 is 1.90 bits per heavy atom. The van der Waals surface area contributed by atoms with Gasteiger partial charge in [0, 0.05) is 17.1 Å². The molecule has 0 radical (unpaired) electrons. The van der Waals surface area contributed by atoms with Crippen LogP contribution in [0.1, 0.15) is 12.5 Å². The summed E-state index contributed by atoms with van der Waals surface area (Å²) in [7, 11) is 0. The molecule has 0 heterocycles. The molecule has 0 unspecified atom stereocenters. The van der Waals surface area contributed by atoms with Crippen molar-refractivity contribution in [1.29, 1.82) is 0 Å². The van der Waals surface area contributed by atoms with Gasteiger partial charge in [-0.15, -0.1) is 11.8 Å². The maximum atomic E-state index is 9.66. The molecule has 0 aromatic heterocycles. The number of anilines is 1. The van der Waals surface area contributed by atoms with Crippen LogP contribution in [0, 0.1) is 0 Å². The van der Waals surface area contributed by atoms with E-state index in [4.69, 9.17) is 4.74 Å². The summed E-state index contributed by atoms with van der Waals surface area (Å²) in [5, 5.41) is 13.0. The van der Waals surface area contributed by atoms with E-state index in [9.17, 15) is 5.11 Å². The summed E-state index contributed by atoms with van der Waals surface area (Å²) in [5.74, 6) is 0.712. The summed E-state index contributed by atoms with van der Waals surface area (Å²) in [5.41, 5.74) is 2.15. The van der Waals surface area contributed by atoms with Gasteiger partial charge < -0.3 is 15.2 Å². The van der Waals surface area contributed by atoms with Gasteiger partial charge in [-0.1, -0.05) is 6.07 Å². The van der Waals surface area contributed by atoms with Crippen molar-refractivity contribution in [2.45, 2.75) is 18.4 Å². The Morgan fingerprint density at radius 1 is 1.15 bits per heavy atom. The largest absolute Gasteiger partial charge is 0.504 e. The molecular weight excluding hydrogens is 270 g/mol. The molecule has 0 bridgehead atoms. The van der Waals surface area contributed by atoms with E-state index in [0.717, 1.165) is 11.3 Å². The highest BCUT2D eigenvalue weighted by Gasteiger charge is 2.03. The van der Waals surface area contributed by atoms with Crippen molar-refractivity contribution in [3.8, 4) is 11.5 Å². The lowest BCUT2D eigenvalue weighted by Gasteiger charge is -2.10. The predicted molar refractivity (Wildman–Crippen MR) is 84.8 cm³/mol. The second-order valence-electron chi connectivity index (χ2n) is 4.32. The van der Waals surface area contributed by atoms with Gasteiger partial charge in [-0.2, -0.15) is 0 Å². The summed E-state index contributed by atoms with van der Waals surface area (Å²) in [6, 6.07) is 13.7. The molecule has 0 spiro atoms. The standard InChI is InChI=1S/C16H19NO2S/c1-3-19-16-10-12(4-9-15(16)18)11-17-13-5-7-14(20-2)8-6-13/h4-10,17-18H,3,11H2,1-2H3. The van der Waals surface area contributed by atoms with Crippen molar-refractivity contribution in [2.75, 3.05) is 18.2 Å². The molecule has 0 aliphatic heterocycles. The lowest BCUT2D eigenvalue weighted by molar-refractivity contribution is 0.318. The number of ether oxygens (including phenoxy) is 1. The molecule has 2 N–H and O–H groups in total. The van der Waals surface area contributed by atoms with E-state index in [1.165, 1.54) is 4.90 Å². The number of nitrogens with one attached hydrogen (secondary N) is 1. The summed E-state index contributed by atoms with van der Waals surface area (Å²) in [4.78, 5) is 1.25. The fourth-order valence-corrected chi connectivity index (χ4v) is 2.26. The third-order valence-electron chi connectivity index (χ3n) is 2.91. The number of hydrogen-bond donors (Lipinski definition) is 2. The molecule has 2 rings (SSSR count). The van der Waals surface area contributed by atoms with Crippen molar-refractivity contribution in [1.82, 2.24) is 0 Å². The molecule has 20 heavy (non-hydrogen) atoms. The maximum Gasteiger partial charge on any atom is 0.161 e. The van der Waals surface area contributed by atoms with E-state index in [1.54, 1.807) is 17.8 Å². The van der Waals surface area contributed by atoms with Crippen LogP contribution in [-0.4, -0.2) is 18.0 Å². The number of phenols is 1. The second-order valence-corrected chi connectivity index (χ2v) is 5.20. The summed E-state index contributed by atoms with van der Waals surface area (Å²) >= 11 is 1.73. The minimum atomic E-state index is 0.180. The zero-order chi connectivity index (χ0) is 14.4. The second kappa shape index (κ2) is 7.10. The first-order valence-electron chi connectivity index (χ1n) is 6.55. The molecule has 0 atom stereocenters. The summed E-state index contributed by atoms with van der Waals surface area (Å²) in [6.45, 7) is 3.14. The van der Waals surface area contributed by atoms with Gasteiger partial charge in [0.2, 0.25) is 0 Å². The van der Waals surface area contributed by atoms with Gasteiger partial charge in [0.15, 0.2) is 11.5 Å². The average molecular weight is 289 g/mol. The molecule has 3 nitrogen and oxygen atoms in total. The predicted octanol–water partition coefficient (Wildman–Crippen LogP) is 4.12. The van der Waals surface area contributed by atoms with Crippen molar-refractivity contribution in [3.63, 3.8) is 0 Å². The van der Waals surface area contributed by atoms with Gasteiger partial charge in [0.1, 0.15) is 0 Å². The highest BCUT2D eigenvalue weighted by Crippen LogP contribution is 2.27. The number of hydrogen-bond acceptors (Lipinski definition) is 4. The molecule has 0 amide bonds. The van der Waals surface area contributed by atoms with Crippen molar-refractivity contribution in [3.05, 3.63) is 48.0 Å². The van der Waals surface area contributed by atoms with Crippen LogP contribution in [0.5, 0.6) is 11.5 Å². The van der Waals surface area contributed by atoms with Crippen molar-refractivity contribution < 1.29 is 9.84 Å². The van der Waals surface area contributed by atoms with E-state index < -0.39 is 0 Å². The fourth-order valence-electron chi connectivity index (χ4n) is 1.85. The summed E-state index contributed by atoms with van der Waals surface area (Å²) in [6.07, 6.45) is 2.06. The Balaban J connectivity index is 2.00. The third kappa shape index (κ3) is 3.84. The van der Waals surface area contributed by atoms with Gasteiger partial charge in [-0.25, -0.2) is 0 Å². The Kier molecular flexibility index (Phi) is 5.18. The topological polar surface area (TPSA) is 41.5 Å². The molecule has 0 saturated carbocycles. The minimum absolute atomic E-state index is 0.180. The zero-order valence-corrected chi connectivity index (χ0v) is 12.5. The minimum Gasteiger partial charge on any atom is -0.504 e. The molecule has 4 heteroatoms. The van der Waals surface area contributed by atoms with E-state index in [2.05, 4.69) is 35.8 Å². The SMILES string of the molecule is CCOc1cc(CNc2ccc(SC)cc2)ccc1O. The monoisotopic (exact) mass is 289 g/mol. The van der Waals surface area contributed by atoms with Gasteiger partial charge in [-0.3, -0.25) is 0 Å². The molecule has 0 fully saturated rings. The molecule has 106 valence electrons. The highest BCUT2D eigenvalue weighted by molar-refractivity contribution is 7.98. The van der Waals surface area contributed by atoms with Crippen molar-refractivity contribution >= 4 is 17.4 Å². The number of benzene rings is 2. The van der Waals surface area contributed by atoms with Crippen LogP contribution in [0.15, 0.2) is 47.4 Å². The van der Waals surface area contributed by atoms with Crippen LogP contribution < -0.4 is 10.1 Å².